The molecule has 1 aliphatic carbocycles. The van der Waals surface area contributed by atoms with Crippen LogP contribution in [-0.4, -0.2) is 48.9 Å². The van der Waals surface area contributed by atoms with Gasteiger partial charge >= 0.3 is 0 Å². The molecule has 1 aromatic heterocycles. The summed E-state index contributed by atoms with van der Waals surface area (Å²) in [5.74, 6) is 1.55. The summed E-state index contributed by atoms with van der Waals surface area (Å²) in [5, 5.41) is 8.29. The minimum absolute atomic E-state index is 0.382. The average Bonchev–Trinajstić information content (AvgIpc) is 3.30. The lowest BCUT2D eigenvalue weighted by Gasteiger charge is -2.29. The Balaban J connectivity index is 1.45. The molecule has 0 radical (unpaired) electrons. The third kappa shape index (κ3) is 3.91. The maximum absolute atomic E-state index is 11.4. The van der Waals surface area contributed by atoms with E-state index in [0.29, 0.717) is 37.4 Å². The molecule has 0 spiro atoms. The zero-order valence-electron chi connectivity index (χ0n) is 12.2. The molecule has 7 heteroatoms. The van der Waals surface area contributed by atoms with Crippen LogP contribution in [0.25, 0.3) is 0 Å². The molecule has 1 aliphatic heterocycles. The second-order valence-corrected chi connectivity index (χ2v) is 7.97. The number of hydrogen-bond acceptors (Lipinski definition) is 5. The zero-order valence-corrected chi connectivity index (χ0v) is 13.1. The molecular formula is C14H21N3O3S. The molecule has 6 nitrogen and oxygen atoms in total. The Hall–Kier alpha value is -1.21. The lowest BCUT2D eigenvalue weighted by molar-refractivity contribution is 0.180. The van der Waals surface area contributed by atoms with Crippen LogP contribution in [0, 0.1) is 5.92 Å². The Labute approximate surface area is 125 Å². The van der Waals surface area contributed by atoms with E-state index < -0.39 is 10.0 Å². The van der Waals surface area contributed by atoms with Crippen molar-refractivity contribution >= 4 is 10.0 Å². The summed E-state index contributed by atoms with van der Waals surface area (Å²) in [4.78, 5) is 0. The van der Waals surface area contributed by atoms with Gasteiger partial charge in [0.2, 0.25) is 15.9 Å². The van der Waals surface area contributed by atoms with Gasteiger partial charge in [0.25, 0.3) is 0 Å². The average molecular weight is 311 g/mol. The smallest absolute Gasteiger partial charge is 0.233 e. The Morgan fingerprint density at radius 1 is 1.19 bits per heavy atom. The maximum atomic E-state index is 11.4. The van der Waals surface area contributed by atoms with Crippen molar-refractivity contribution in [1.82, 2.24) is 14.5 Å². The van der Waals surface area contributed by atoms with E-state index in [2.05, 4.69) is 10.2 Å². The van der Waals surface area contributed by atoms with E-state index in [4.69, 9.17) is 4.74 Å². The standard InChI is InChI=1S/C14H21N3O3S/c1-21(18,19)17-8-6-11(7-9-17)10-20-14-5-4-13(15-16-14)12-2-3-12/h4-5,11-12H,2-3,6-10H2,1H3. The van der Waals surface area contributed by atoms with E-state index >= 15 is 0 Å². The summed E-state index contributed by atoms with van der Waals surface area (Å²) in [7, 11) is -3.05. The molecular weight excluding hydrogens is 290 g/mol. The van der Waals surface area contributed by atoms with Gasteiger partial charge in [-0.3, -0.25) is 0 Å². The van der Waals surface area contributed by atoms with Gasteiger partial charge < -0.3 is 4.74 Å². The molecule has 21 heavy (non-hydrogen) atoms. The van der Waals surface area contributed by atoms with E-state index in [0.717, 1.165) is 18.5 Å². The fourth-order valence-electron chi connectivity index (χ4n) is 2.61. The van der Waals surface area contributed by atoms with Gasteiger partial charge in [0.05, 0.1) is 18.6 Å². The molecule has 2 fully saturated rings. The first-order valence-corrected chi connectivity index (χ1v) is 9.29. The van der Waals surface area contributed by atoms with E-state index in [1.54, 1.807) is 0 Å². The molecule has 3 rings (SSSR count). The third-order valence-corrected chi connectivity index (χ3v) is 5.47. The maximum Gasteiger partial charge on any atom is 0.233 e. The summed E-state index contributed by atoms with van der Waals surface area (Å²) in [6.45, 7) is 1.74. The Morgan fingerprint density at radius 2 is 1.90 bits per heavy atom. The van der Waals surface area contributed by atoms with Crippen molar-refractivity contribution in [2.24, 2.45) is 5.92 Å². The molecule has 2 aliphatic rings. The molecule has 0 N–H and O–H groups in total. The summed E-state index contributed by atoms with van der Waals surface area (Å²) in [6, 6.07) is 3.87. The van der Waals surface area contributed by atoms with Crippen molar-refractivity contribution in [1.29, 1.82) is 0 Å². The predicted molar refractivity (Wildman–Crippen MR) is 78.6 cm³/mol. The van der Waals surface area contributed by atoms with Gasteiger partial charge in [-0.15, -0.1) is 5.10 Å². The Kier molecular flexibility index (Phi) is 4.12. The van der Waals surface area contributed by atoms with Crippen LogP contribution in [0.3, 0.4) is 0 Å². The van der Waals surface area contributed by atoms with Crippen LogP contribution in [0.1, 0.15) is 37.3 Å². The molecule has 1 saturated heterocycles. The molecule has 116 valence electrons. The second kappa shape index (κ2) is 5.88. The molecule has 0 atom stereocenters. The molecule has 0 unspecified atom stereocenters. The van der Waals surface area contributed by atoms with Gasteiger partial charge in [-0.05, 0) is 37.7 Å². The highest BCUT2D eigenvalue weighted by Crippen LogP contribution is 2.38. The van der Waals surface area contributed by atoms with Crippen molar-refractivity contribution in [2.75, 3.05) is 26.0 Å². The summed E-state index contributed by atoms with van der Waals surface area (Å²) in [5.41, 5.74) is 1.06. The van der Waals surface area contributed by atoms with E-state index in [1.165, 1.54) is 23.4 Å². The topological polar surface area (TPSA) is 72.4 Å². The van der Waals surface area contributed by atoms with Crippen molar-refractivity contribution in [3.63, 3.8) is 0 Å². The Bertz CT molecular complexity index is 576. The van der Waals surface area contributed by atoms with Crippen LogP contribution in [0.4, 0.5) is 0 Å². The number of ether oxygens (including phenoxy) is 1. The van der Waals surface area contributed by atoms with Crippen LogP contribution >= 0.6 is 0 Å². The Morgan fingerprint density at radius 3 is 2.43 bits per heavy atom. The van der Waals surface area contributed by atoms with Gasteiger partial charge in [0, 0.05) is 25.1 Å². The van der Waals surface area contributed by atoms with E-state index in [1.807, 2.05) is 12.1 Å². The van der Waals surface area contributed by atoms with Crippen molar-refractivity contribution < 1.29 is 13.2 Å². The zero-order chi connectivity index (χ0) is 14.9. The highest BCUT2D eigenvalue weighted by Gasteiger charge is 2.26. The van der Waals surface area contributed by atoms with Crippen LogP contribution < -0.4 is 4.74 Å². The normalized spacial score (nSPS) is 21.4. The van der Waals surface area contributed by atoms with Gasteiger partial charge in [-0.1, -0.05) is 0 Å². The largest absolute Gasteiger partial charge is 0.476 e. The molecule has 0 amide bonds. The van der Waals surface area contributed by atoms with Gasteiger partial charge in [0.15, 0.2) is 0 Å². The molecule has 0 bridgehead atoms. The van der Waals surface area contributed by atoms with Gasteiger partial charge in [-0.25, -0.2) is 12.7 Å². The van der Waals surface area contributed by atoms with Crippen LogP contribution in [-0.2, 0) is 10.0 Å². The minimum atomic E-state index is -3.05. The van der Waals surface area contributed by atoms with Crippen LogP contribution in [0.2, 0.25) is 0 Å². The number of nitrogens with zero attached hydrogens (tertiary/aromatic N) is 3. The number of rotatable bonds is 5. The van der Waals surface area contributed by atoms with E-state index in [-0.39, 0.29) is 0 Å². The molecule has 0 aromatic carbocycles. The SMILES string of the molecule is CS(=O)(=O)N1CCC(COc2ccc(C3CC3)nn2)CC1. The predicted octanol–water partition coefficient (Wildman–Crippen LogP) is 1.40. The van der Waals surface area contributed by atoms with Gasteiger partial charge in [-0.2, -0.15) is 5.10 Å². The van der Waals surface area contributed by atoms with E-state index in [9.17, 15) is 8.42 Å². The fourth-order valence-corrected chi connectivity index (χ4v) is 3.49. The highest BCUT2D eigenvalue weighted by atomic mass is 32.2. The van der Waals surface area contributed by atoms with Crippen molar-refractivity contribution in [3.05, 3.63) is 17.8 Å². The quantitative estimate of drug-likeness (QED) is 0.822. The summed E-state index contributed by atoms with van der Waals surface area (Å²) < 4.78 is 30.1. The summed E-state index contributed by atoms with van der Waals surface area (Å²) >= 11 is 0. The first-order chi connectivity index (χ1) is 10.0. The monoisotopic (exact) mass is 311 g/mol. The van der Waals surface area contributed by atoms with Crippen molar-refractivity contribution in [2.45, 2.75) is 31.6 Å². The number of sulfonamides is 1. The van der Waals surface area contributed by atoms with Crippen molar-refractivity contribution in [3.8, 4) is 5.88 Å². The first-order valence-electron chi connectivity index (χ1n) is 7.44. The first kappa shape index (κ1) is 14.7. The lowest BCUT2D eigenvalue weighted by Crippen LogP contribution is -2.39. The fraction of sp³-hybridized carbons (Fsp3) is 0.714. The van der Waals surface area contributed by atoms with Gasteiger partial charge in [0.1, 0.15) is 0 Å². The summed E-state index contributed by atoms with van der Waals surface area (Å²) in [6.07, 6.45) is 5.36. The molecule has 1 aromatic rings. The number of aromatic nitrogens is 2. The van der Waals surface area contributed by atoms with Crippen LogP contribution in [0.5, 0.6) is 5.88 Å². The van der Waals surface area contributed by atoms with Crippen LogP contribution in [0.15, 0.2) is 12.1 Å². The minimum Gasteiger partial charge on any atom is -0.476 e. The highest BCUT2D eigenvalue weighted by molar-refractivity contribution is 7.88. The second-order valence-electron chi connectivity index (χ2n) is 5.99. The number of piperidine rings is 1. The third-order valence-electron chi connectivity index (χ3n) is 4.17. The molecule has 2 heterocycles. The lowest BCUT2D eigenvalue weighted by atomic mass is 9.99. The molecule has 1 saturated carbocycles. The number of hydrogen-bond donors (Lipinski definition) is 0.